The third kappa shape index (κ3) is 5.94. The number of hydrogen-bond acceptors (Lipinski definition) is 8. The van der Waals surface area contributed by atoms with Gasteiger partial charge in [-0.2, -0.15) is 0 Å². The van der Waals surface area contributed by atoms with Crippen molar-refractivity contribution in [1.29, 1.82) is 0 Å². The largest absolute Gasteiger partial charge is 0.492 e. The highest BCUT2D eigenvalue weighted by Crippen LogP contribution is 2.44. The van der Waals surface area contributed by atoms with Gasteiger partial charge in [0.25, 0.3) is 0 Å². The summed E-state index contributed by atoms with van der Waals surface area (Å²) in [6.07, 6.45) is 2.14. The fraction of sp³-hybridized carbons (Fsp3) is 0.556. The fourth-order valence-corrected chi connectivity index (χ4v) is 4.78. The molecule has 1 aliphatic carbocycles. The number of nitrogens with zero attached hydrogens (tertiary/aromatic N) is 3. The minimum Gasteiger partial charge on any atom is -0.492 e. The SMILES string of the molecule is COc1c(N2CCN(C(=O)OC(C)(C)C)C(C)C2)c(F)cc2c(=O)c(C(=O)OCCC(=O)O)cn(C3CC3)c12. The Labute approximate surface area is 225 Å². The number of carboxylic acids is 1. The van der Waals surface area contributed by atoms with E-state index >= 15 is 4.39 Å². The molecule has 1 amide bonds. The zero-order valence-electron chi connectivity index (χ0n) is 22.8. The van der Waals surface area contributed by atoms with Crippen molar-refractivity contribution in [1.82, 2.24) is 9.47 Å². The first-order chi connectivity index (χ1) is 18.3. The number of carboxylic acid groups (broad SMARTS) is 1. The van der Waals surface area contributed by atoms with Gasteiger partial charge in [-0.1, -0.05) is 0 Å². The van der Waals surface area contributed by atoms with Crippen molar-refractivity contribution in [3.63, 3.8) is 0 Å². The second kappa shape index (κ2) is 10.7. The Morgan fingerprint density at radius 3 is 2.44 bits per heavy atom. The quantitative estimate of drug-likeness (QED) is 0.518. The first-order valence-electron chi connectivity index (χ1n) is 12.9. The number of carbonyl (C=O) groups excluding carboxylic acids is 2. The molecule has 2 fully saturated rings. The van der Waals surface area contributed by atoms with E-state index in [-0.39, 0.29) is 41.1 Å². The van der Waals surface area contributed by atoms with Crippen molar-refractivity contribution in [2.75, 3.05) is 38.3 Å². The normalized spacial score (nSPS) is 17.7. The molecule has 2 heterocycles. The van der Waals surface area contributed by atoms with Crippen LogP contribution in [0, 0.1) is 5.82 Å². The summed E-state index contributed by atoms with van der Waals surface area (Å²) in [7, 11) is 1.40. The van der Waals surface area contributed by atoms with Crippen molar-refractivity contribution in [2.45, 2.75) is 64.6 Å². The van der Waals surface area contributed by atoms with Crippen LogP contribution in [-0.2, 0) is 14.3 Å². The first-order valence-corrected chi connectivity index (χ1v) is 12.9. The van der Waals surface area contributed by atoms with Crippen LogP contribution in [0.3, 0.4) is 0 Å². The molecule has 0 bridgehead atoms. The molecule has 1 aliphatic heterocycles. The van der Waals surface area contributed by atoms with E-state index < -0.39 is 41.3 Å². The summed E-state index contributed by atoms with van der Waals surface area (Å²) in [5.74, 6) is -2.64. The van der Waals surface area contributed by atoms with Crippen LogP contribution in [-0.4, -0.2) is 77.6 Å². The summed E-state index contributed by atoms with van der Waals surface area (Å²) in [6.45, 7) is 7.76. The highest BCUT2D eigenvalue weighted by molar-refractivity contribution is 5.98. The predicted octanol–water partition coefficient (Wildman–Crippen LogP) is 3.56. The number of halogens is 1. The average molecular weight is 548 g/mol. The number of aliphatic carboxylic acids is 1. The van der Waals surface area contributed by atoms with Crippen LogP contribution in [0.25, 0.3) is 10.9 Å². The van der Waals surface area contributed by atoms with Crippen molar-refractivity contribution in [3.8, 4) is 5.75 Å². The second-order valence-electron chi connectivity index (χ2n) is 10.9. The number of esters is 1. The van der Waals surface area contributed by atoms with Crippen molar-refractivity contribution in [3.05, 3.63) is 33.9 Å². The number of methoxy groups -OCH3 is 1. The zero-order chi connectivity index (χ0) is 28.6. The molecule has 4 rings (SSSR count). The standard InChI is InChI=1S/C27H34FN3O8/c1-15-13-29(9-10-30(15)26(36)39-27(2,3)4)22-19(28)12-17-21(24(22)37-5)31(16-6-7-16)14-18(23(17)34)25(35)38-11-8-20(32)33/h12,14-16H,6-11,13H2,1-5H3,(H,32,33). The zero-order valence-corrected chi connectivity index (χ0v) is 22.8. The van der Waals surface area contributed by atoms with Gasteiger partial charge in [-0.3, -0.25) is 9.59 Å². The molecule has 1 atom stereocenters. The maximum absolute atomic E-state index is 15.8. The molecule has 0 radical (unpaired) electrons. The van der Waals surface area contributed by atoms with E-state index in [0.29, 0.717) is 25.2 Å². The van der Waals surface area contributed by atoms with Gasteiger partial charge in [0.05, 0.1) is 24.4 Å². The lowest BCUT2D eigenvalue weighted by atomic mass is 10.1. The number of ether oxygens (including phenoxy) is 3. The Kier molecular flexibility index (Phi) is 7.76. The van der Waals surface area contributed by atoms with Gasteiger partial charge in [-0.05, 0) is 46.6 Å². The van der Waals surface area contributed by atoms with Crippen LogP contribution in [0.4, 0.5) is 14.9 Å². The van der Waals surface area contributed by atoms with Crippen LogP contribution in [0.2, 0.25) is 0 Å². The number of hydrogen-bond donors (Lipinski definition) is 1. The molecule has 12 heteroatoms. The summed E-state index contributed by atoms with van der Waals surface area (Å²) in [4.78, 5) is 52.8. The van der Waals surface area contributed by atoms with Crippen LogP contribution < -0.4 is 15.1 Å². The maximum Gasteiger partial charge on any atom is 0.410 e. The molecule has 212 valence electrons. The molecule has 1 aromatic heterocycles. The molecule has 39 heavy (non-hydrogen) atoms. The third-order valence-corrected chi connectivity index (χ3v) is 6.68. The van der Waals surface area contributed by atoms with Gasteiger partial charge in [-0.15, -0.1) is 0 Å². The summed E-state index contributed by atoms with van der Waals surface area (Å²) in [6, 6.07) is 0.795. The molecule has 2 aromatic rings. The van der Waals surface area contributed by atoms with Crippen LogP contribution in [0.5, 0.6) is 5.75 Å². The number of benzene rings is 1. The van der Waals surface area contributed by atoms with Gasteiger partial charge in [0.2, 0.25) is 5.43 Å². The topological polar surface area (TPSA) is 128 Å². The molecular weight excluding hydrogens is 513 g/mol. The Hall–Kier alpha value is -3.83. The Balaban J connectivity index is 1.73. The van der Waals surface area contributed by atoms with Crippen molar-refractivity contribution < 1.29 is 38.1 Å². The smallest absolute Gasteiger partial charge is 0.410 e. The fourth-order valence-electron chi connectivity index (χ4n) is 4.78. The van der Waals surface area contributed by atoms with E-state index in [1.807, 2.05) is 6.92 Å². The minimum absolute atomic E-state index is 0.0196. The van der Waals surface area contributed by atoms with E-state index in [1.54, 1.807) is 35.1 Å². The molecule has 1 saturated heterocycles. The molecule has 1 N–H and O–H groups in total. The lowest BCUT2D eigenvalue weighted by Crippen LogP contribution is -2.55. The summed E-state index contributed by atoms with van der Waals surface area (Å²) >= 11 is 0. The molecule has 1 unspecified atom stereocenters. The Morgan fingerprint density at radius 2 is 1.87 bits per heavy atom. The number of anilines is 1. The molecule has 1 aromatic carbocycles. The lowest BCUT2D eigenvalue weighted by molar-refractivity contribution is -0.137. The van der Waals surface area contributed by atoms with Gasteiger partial charge in [0.15, 0.2) is 11.6 Å². The van der Waals surface area contributed by atoms with E-state index in [0.717, 1.165) is 18.9 Å². The number of piperazine rings is 1. The number of carbonyl (C=O) groups is 3. The van der Waals surface area contributed by atoms with Crippen LogP contribution >= 0.6 is 0 Å². The van der Waals surface area contributed by atoms with E-state index in [2.05, 4.69) is 0 Å². The van der Waals surface area contributed by atoms with Gasteiger partial charge >= 0.3 is 18.0 Å². The van der Waals surface area contributed by atoms with Gasteiger partial charge in [-0.25, -0.2) is 14.0 Å². The summed E-state index contributed by atoms with van der Waals surface area (Å²) in [5.41, 5.74) is -1.13. The number of fused-ring (bicyclic) bond motifs is 1. The third-order valence-electron chi connectivity index (χ3n) is 6.68. The predicted molar refractivity (Wildman–Crippen MR) is 140 cm³/mol. The van der Waals surface area contributed by atoms with Crippen LogP contribution in [0.1, 0.15) is 63.4 Å². The number of rotatable bonds is 7. The molecule has 2 aliphatic rings. The van der Waals surface area contributed by atoms with E-state index in [9.17, 15) is 19.2 Å². The first kappa shape index (κ1) is 28.2. The molecule has 0 spiro atoms. The molecule has 1 saturated carbocycles. The second-order valence-corrected chi connectivity index (χ2v) is 10.9. The van der Waals surface area contributed by atoms with Crippen LogP contribution in [0.15, 0.2) is 17.1 Å². The Morgan fingerprint density at radius 1 is 1.18 bits per heavy atom. The Bertz CT molecular complexity index is 1360. The number of amides is 1. The maximum atomic E-state index is 15.8. The highest BCUT2D eigenvalue weighted by Gasteiger charge is 2.35. The lowest BCUT2D eigenvalue weighted by Gasteiger charge is -2.41. The van der Waals surface area contributed by atoms with E-state index in [4.69, 9.17) is 19.3 Å². The number of aromatic nitrogens is 1. The van der Waals surface area contributed by atoms with Gasteiger partial charge < -0.3 is 33.7 Å². The molecular formula is C27H34FN3O8. The minimum atomic E-state index is -1.14. The average Bonchev–Trinajstić information content (AvgIpc) is 3.67. The van der Waals surface area contributed by atoms with Crippen molar-refractivity contribution >= 4 is 34.6 Å². The summed E-state index contributed by atoms with van der Waals surface area (Å²) in [5, 5.41) is 8.77. The highest BCUT2D eigenvalue weighted by atomic mass is 19.1. The van der Waals surface area contributed by atoms with E-state index in [1.165, 1.54) is 13.3 Å². The van der Waals surface area contributed by atoms with Gasteiger partial charge in [0, 0.05) is 37.9 Å². The van der Waals surface area contributed by atoms with Gasteiger partial charge in [0.1, 0.15) is 23.5 Å². The van der Waals surface area contributed by atoms with Crippen molar-refractivity contribution in [2.24, 2.45) is 0 Å². The number of pyridine rings is 1. The molecule has 11 nitrogen and oxygen atoms in total. The monoisotopic (exact) mass is 547 g/mol. The summed E-state index contributed by atoms with van der Waals surface area (Å²) < 4.78 is 33.7.